The summed E-state index contributed by atoms with van der Waals surface area (Å²) in [6.45, 7) is 6.55. The van der Waals surface area contributed by atoms with Crippen LogP contribution in [0.4, 0.5) is 0 Å². The van der Waals surface area contributed by atoms with E-state index in [1.54, 1.807) is 0 Å². The maximum atomic E-state index is 12.9. The maximum absolute atomic E-state index is 12.9. The van der Waals surface area contributed by atoms with E-state index in [0.717, 1.165) is 49.6 Å². The van der Waals surface area contributed by atoms with E-state index in [4.69, 9.17) is 4.42 Å². The van der Waals surface area contributed by atoms with Crippen molar-refractivity contribution in [2.24, 2.45) is 0 Å². The fraction of sp³-hybridized carbons (Fsp3) is 0.474. The number of aryl methyl sites for hydroxylation is 2. The minimum Gasteiger partial charge on any atom is -0.466 e. The summed E-state index contributed by atoms with van der Waals surface area (Å²) in [4.78, 5) is 21.7. The summed E-state index contributed by atoms with van der Waals surface area (Å²) < 4.78 is 5.54. The molecule has 2 aromatic rings. The molecule has 0 bridgehead atoms. The van der Waals surface area contributed by atoms with Crippen molar-refractivity contribution < 1.29 is 9.21 Å². The molecule has 0 aromatic carbocycles. The molecule has 1 amide bonds. The first kappa shape index (κ1) is 15.4. The molecule has 0 unspecified atom stereocenters. The monoisotopic (exact) mass is 325 g/mol. The second-order valence-corrected chi connectivity index (χ2v) is 6.87. The van der Waals surface area contributed by atoms with Crippen LogP contribution in [0.5, 0.6) is 0 Å². The number of amides is 1. The summed E-state index contributed by atoms with van der Waals surface area (Å²) in [5.74, 6) is 1.66. The Kier molecular flexibility index (Phi) is 3.88. The van der Waals surface area contributed by atoms with Crippen molar-refractivity contribution in [2.75, 3.05) is 13.1 Å². The van der Waals surface area contributed by atoms with Crippen molar-refractivity contribution in [3.8, 4) is 0 Å². The van der Waals surface area contributed by atoms with Crippen molar-refractivity contribution in [2.45, 2.75) is 45.3 Å². The van der Waals surface area contributed by atoms with Crippen LogP contribution in [0.3, 0.4) is 0 Å². The lowest BCUT2D eigenvalue weighted by Gasteiger charge is -2.25. The molecule has 4 rings (SSSR count). The van der Waals surface area contributed by atoms with Gasteiger partial charge in [0.2, 0.25) is 0 Å². The lowest BCUT2D eigenvalue weighted by atomic mass is 10.1. The Morgan fingerprint density at radius 1 is 1.29 bits per heavy atom. The average molecular weight is 325 g/mol. The first-order valence-electron chi connectivity index (χ1n) is 8.64. The Balaban J connectivity index is 1.48. The molecule has 5 heteroatoms. The number of hydrogen-bond donors (Lipinski definition) is 0. The van der Waals surface area contributed by atoms with Crippen LogP contribution in [0.2, 0.25) is 0 Å². The topological polar surface area (TPSA) is 49.6 Å². The molecule has 2 atom stereocenters. The van der Waals surface area contributed by atoms with Crippen molar-refractivity contribution >= 4 is 5.91 Å². The van der Waals surface area contributed by atoms with Crippen LogP contribution in [0.15, 0.2) is 35.0 Å². The lowest BCUT2D eigenvalue weighted by molar-refractivity contribution is 0.0730. The number of hydrogen-bond acceptors (Lipinski definition) is 4. The summed E-state index contributed by atoms with van der Waals surface area (Å²) in [5.41, 5.74) is 1.96. The highest BCUT2D eigenvalue weighted by atomic mass is 16.3. The molecule has 2 fully saturated rings. The molecule has 0 aliphatic carbocycles. The number of carbonyl (C=O) groups excluding carboxylic acids is 1. The highest BCUT2D eigenvalue weighted by Gasteiger charge is 2.44. The first-order chi connectivity index (χ1) is 11.6. The Labute approximate surface area is 142 Å². The van der Waals surface area contributed by atoms with Gasteiger partial charge in [-0.15, -0.1) is 0 Å². The Hall–Kier alpha value is -2.14. The largest absolute Gasteiger partial charge is 0.466 e. The van der Waals surface area contributed by atoms with Crippen LogP contribution < -0.4 is 0 Å². The van der Waals surface area contributed by atoms with Gasteiger partial charge in [0.25, 0.3) is 5.91 Å². The zero-order valence-electron chi connectivity index (χ0n) is 14.2. The fourth-order valence-electron chi connectivity index (χ4n) is 4.25. The summed E-state index contributed by atoms with van der Waals surface area (Å²) >= 11 is 0. The van der Waals surface area contributed by atoms with Gasteiger partial charge in [-0.25, -0.2) is 0 Å². The molecule has 4 heterocycles. The predicted molar refractivity (Wildman–Crippen MR) is 90.7 cm³/mol. The van der Waals surface area contributed by atoms with Crippen molar-refractivity contribution in [1.29, 1.82) is 0 Å². The molecule has 2 saturated heterocycles. The van der Waals surface area contributed by atoms with Crippen LogP contribution in [-0.2, 0) is 6.54 Å². The van der Waals surface area contributed by atoms with Gasteiger partial charge in [0.05, 0.1) is 5.56 Å². The van der Waals surface area contributed by atoms with Crippen LogP contribution in [0.1, 0.15) is 40.3 Å². The van der Waals surface area contributed by atoms with E-state index in [2.05, 4.69) is 20.9 Å². The summed E-state index contributed by atoms with van der Waals surface area (Å²) in [6.07, 6.45) is 5.84. The SMILES string of the molecule is Cc1cc(C(=O)N2CC[C@H]3[C@H]2CCN3Cc2cccnc2)c(C)o1. The number of furan rings is 1. The van der Waals surface area contributed by atoms with Crippen LogP contribution in [0, 0.1) is 13.8 Å². The molecule has 0 spiro atoms. The summed E-state index contributed by atoms with van der Waals surface area (Å²) in [7, 11) is 0. The third-order valence-electron chi connectivity index (χ3n) is 5.33. The quantitative estimate of drug-likeness (QED) is 0.871. The standard InChI is InChI=1S/C19H23N3O2/c1-13-10-16(14(2)24-13)19(23)22-9-6-17-18(22)5-8-21(17)12-15-4-3-7-20-11-15/h3-4,7,10-11,17-18H,5-6,8-9,12H2,1-2H3/t17-,18+/m0/s1. The predicted octanol–water partition coefficient (Wildman–Crippen LogP) is 2.78. The second kappa shape index (κ2) is 6.06. The average Bonchev–Trinajstić information content (AvgIpc) is 3.24. The zero-order chi connectivity index (χ0) is 16.7. The first-order valence-corrected chi connectivity index (χ1v) is 8.64. The van der Waals surface area contributed by atoms with Gasteiger partial charge in [0, 0.05) is 44.1 Å². The number of likely N-dealkylation sites (tertiary alicyclic amines) is 2. The van der Waals surface area contributed by atoms with Gasteiger partial charge in [-0.05, 0) is 44.4 Å². The van der Waals surface area contributed by atoms with Gasteiger partial charge in [-0.1, -0.05) is 6.07 Å². The van der Waals surface area contributed by atoms with Gasteiger partial charge < -0.3 is 9.32 Å². The normalized spacial score (nSPS) is 23.7. The number of fused-ring (bicyclic) bond motifs is 1. The van der Waals surface area contributed by atoms with E-state index in [0.29, 0.717) is 12.1 Å². The van der Waals surface area contributed by atoms with Crippen LogP contribution in [-0.4, -0.2) is 45.9 Å². The minimum absolute atomic E-state index is 0.125. The fourth-order valence-corrected chi connectivity index (χ4v) is 4.25. The van der Waals surface area contributed by atoms with Gasteiger partial charge in [0.15, 0.2) is 0 Å². The third kappa shape index (κ3) is 2.63. The number of carbonyl (C=O) groups is 1. The molecule has 2 aliphatic heterocycles. The number of rotatable bonds is 3. The van der Waals surface area contributed by atoms with Crippen molar-refractivity contribution in [3.63, 3.8) is 0 Å². The van der Waals surface area contributed by atoms with E-state index in [9.17, 15) is 4.79 Å². The number of aromatic nitrogens is 1. The Bertz CT molecular complexity index is 740. The van der Waals surface area contributed by atoms with Crippen LogP contribution in [0.25, 0.3) is 0 Å². The molecular formula is C19H23N3O2. The maximum Gasteiger partial charge on any atom is 0.257 e. The minimum atomic E-state index is 0.125. The van der Waals surface area contributed by atoms with Crippen molar-refractivity contribution in [3.05, 3.63) is 53.2 Å². The van der Waals surface area contributed by atoms with Crippen LogP contribution >= 0.6 is 0 Å². The molecule has 0 N–H and O–H groups in total. The van der Waals surface area contributed by atoms with Gasteiger partial charge >= 0.3 is 0 Å². The highest BCUT2D eigenvalue weighted by molar-refractivity contribution is 5.95. The van der Waals surface area contributed by atoms with E-state index in [1.165, 1.54) is 5.56 Å². The van der Waals surface area contributed by atoms with Gasteiger partial charge in [-0.2, -0.15) is 0 Å². The number of nitrogens with zero attached hydrogens (tertiary/aromatic N) is 3. The van der Waals surface area contributed by atoms with E-state index in [-0.39, 0.29) is 5.91 Å². The zero-order valence-corrected chi connectivity index (χ0v) is 14.2. The molecule has 0 saturated carbocycles. The molecule has 5 nitrogen and oxygen atoms in total. The van der Waals surface area contributed by atoms with E-state index in [1.807, 2.05) is 38.4 Å². The van der Waals surface area contributed by atoms with Gasteiger partial charge in [-0.3, -0.25) is 14.7 Å². The summed E-state index contributed by atoms with van der Waals surface area (Å²) in [5, 5.41) is 0. The van der Waals surface area contributed by atoms with Crippen molar-refractivity contribution in [1.82, 2.24) is 14.8 Å². The second-order valence-electron chi connectivity index (χ2n) is 6.87. The van der Waals surface area contributed by atoms with Gasteiger partial charge in [0.1, 0.15) is 11.5 Å². The molecule has 2 aromatic heterocycles. The Morgan fingerprint density at radius 2 is 2.12 bits per heavy atom. The molecule has 24 heavy (non-hydrogen) atoms. The molecular weight excluding hydrogens is 302 g/mol. The molecule has 126 valence electrons. The van der Waals surface area contributed by atoms with E-state index < -0.39 is 0 Å². The Morgan fingerprint density at radius 3 is 2.83 bits per heavy atom. The molecule has 2 aliphatic rings. The summed E-state index contributed by atoms with van der Waals surface area (Å²) in [6, 6.07) is 6.76. The highest BCUT2D eigenvalue weighted by Crippen LogP contribution is 2.34. The van der Waals surface area contributed by atoms with E-state index >= 15 is 0 Å². The lowest BCUT2D eigenvalue weighted by Crippen LogP contribution is -2.39. The third-order valence-corrected chi connectivity index (χ3v) is 5.33. The smallest absolute Gasteiger partial charge is 0.257 e. The number of pyridine rings is 1. The molecule has 0 radical (unpaired) electrons.